The maximum Gasteiger partial charge on any atom is 0.207 e. The molecule has 0 aromatic heterocycles. The van der Waals surface area contributed by atoms with Gasteiger partial charge in [-0.1, -0.05) is 12.2 Å². The Hall–Kier alpha value is -1.25. The molecular weight excluding hydrogens is 128 g/mol. The summed E-state index contributed by atoms with van der Waals surface area (Å²) in [6, 6.07) is 0. The highest BCUT2D eigenvalue weighted by Crippen LogP contribution is 1.96. The van der Waals surface area contributed by atoms with Crippen molar-refractivity contribution in [1.29, 1.82) is 0 Å². The van der Waals surface area contributed by atoms with Crippen molar-refractivity contribution in [3.8, 4) is 0 Å². The minimum atomic E-state index is 0.604. The van der Waals surface area contributed by atoms with Crippen LogP contribution in [0.4, 0.5) is 0 Å². The lowest BCUT2D eigenvalue weighted by molar-refractivity contribution is -0.109. The molecule has 0 saturated heterocycles. The first-order chi connectivity index (χ1) is 4.93. The maximum absolute atomic E-state index is 9.86. The second kappa shape index (κ2) is 3.71. The molecule has 2 N–H and O–H groups in total. The molecular formula is C7H10N2O. The van der Waals surface area contributed by atoms with Gasteiger partial charge in [-0.3, -0.25) is 4.79 Å². The fourth-order valence-electron chi connectivity index (χ4n) is 0.786. The van der Waals surface area contributed by atoms with Gasteiger partial charge in [-0.2, -0.15) is 0 Å². The Kier molecular flexibility index (Phi) is 2.55. The monoisotopic (exact) mass is 138 g/mol. The van der Waals surface area contributed by atoms with Crippen LogP contribution in [0, 0.1) is 0 Å². The van der Waals surface area contributed by atoms with Crippen LogP contribution in [0.25, 0.3) is 0 Å². The van der Waals surface area contributed by atoms with Crippen molar-refractivity contribution in [3.05, 3.63) is 23.9 Å². The van der Waals surface area contributed by atoms with Gasteiger partial charge in [0.25, 0.3) is 0 Å². The van der Waals surface area contributed by atoms with E-state index >= 15 is 0 Å². The molecule has 0 aromatic carbocycles. The molecule has 0 atom stereocenters. The van der Waals surface area contributed by atoms with Crippen molar-refractivity contribution in [3.63, 3.8) is 0 Å². The number of rotatable bonds is 3. The number of carbonyl (C=O) groups is 1. The minimum Gasteiger partial charge on any atom is -0.387 e. The van der Waals surface area contributed by atoms with Gasteiger partial charge in [-0.05, 0) is 5.57 Å². The fourth-order valence-corrected chi connectivity index (χ4v) is 0.786. The third kappa shape index (κ3) is 1.93. The number of carbonyl (C=O) groups excluding carboxylic acids is 1. The molecule has 1 aliphatic rings. The van der Waals surface area contributed by atoms with Gasteiger partial charge in [-0.15, -0.1) is 0 Å². The normalized spacial score (nSPS) is 15.4. The van der Waals surface area contributed by atoms with E-state index in [-0.39, 0.29) is 0 Å². The standard InChI is InChI=1S/C7H10N2O/c10-6-9-5-7-2-1-3-8-4-7/h1-2,4,6,8H,3,5H2,(H,9,10). The van der Waals surface area contributed by atoms with Gasteiger partial charge >= 0.3 is 0 Å². The summed E-state index contributed by atoms with van der Waals surface area (Å²) in [6.07, 6.45) is 6.61. The Morgan fingerprint density at radius 2 is 2.70 bits per heavy atom. The molecule has 0 radical (unpaired) electrons. The zero-order valence-corrected chi connectivity index (χ0v) is 5.63. The highest BCUT2D eigenvalue weighted by molar-refractivity contribution is 5.47. The van der Waals surface area contributed by atoms with Gasteiger partial charge < -0.3 is 10.6 Å². The first kappa shape index (κ1) is 6.86. The molecule has 54 valence electrons. The van der Waals surface area contributed by atoms with Crippen LogP contribution < -0.4 is 10.6 Å². The Balaban J connectivity index is 2.32. The second-order valence-electron chi connectivity index (χ2n) is 2.03. The molecule has 0 aliphatic carbocycles. The highest BCUT2D eigenvalue weighted by Gasteiger charge is 1.93. The van der Waals surface area contributed by atoms with Crippen LogP contribution in [0.2, 0.25) is 0 Å². The van der Waals surface area contributed by atoms with E-state index in [1.54, 1.807) is 0 Å². The molecule has 1 rings (SSSR count). The molecule has 1 aliphatic heterocycles. The van der Waals surface area contributed by atoms with Crippen molar-refractivity contribution in [2.45, 2.75) is 0 Å². The summed E-state index contributed by atoms with van der Waals surface area (Å²) in [5.41, 5.74) is 1.10. The average molecular weight is 138 g/mol. The Bertz CT molecular complexity index is 172. The van der Waals surface area contributed by atoms with Gasteiger partial charge in [-0.25, -0.2) is 0 Å². The van der Waals surface area contributed by atoms with E-state index in [1.165, 1.54) is 0 Å². The zero-order valence-electron chi connectivity index (χ0n) is 5.63. The molecule has 10 heavy (non-hydrogen) atoms. The van der Waals surface area contributed by atoms with Crippen LogP contribution >= 0.6 is 0 Å². The summed E-state index contributed by atoms with van der Waals surface area (Å²) < 4.78 is 0. The van der Waals surface area contributed by atoms with Gasteiger partial charge in [0.1, 0.15) is 0 Å². The molecule has 0 saturated carbocycles. The van der Waals surface area contributed by atoms with Gasteiger partial charge in [0.2, 0.25) is 6.41 Å². The summed E-state index contributed by atoms with van der Waals surface area (Å²) in [5.74, 6) is 0. The third-order valence-corrected chi connectivity index (χ3v) is 1.24. The first-order valence-corrected chi connectivity index (χ1v) is 3.19. The molecule has 3 heteroatoms. The van der Waals surface area contributed by atoms with Crippen molar-refractivity contribution in [2.75, 3.05) is 13.1 Å². The largest absolute Gasteiger partial charge is 0.387 e. The minimum absolute atomic E-state index is 0.604. The van der Waals surface area contributed by atoms with Gasteiger partial charge in [0, 0.05) is 19.3 Å². The van der Waals surface area contributed by atoms with E-state index in [1.807, 2.05) is 18.4 Å². The summed E-state index contributed by atoms with van der Waals surface area (Å²) in [5, 5.41) is 5.62. The van der Waals surface area contributed by atoms with E-state index in [0.29, 0.717) is 13.0 Å². The lowest BCUT2D eigenvalue weighted by atomic mass is 10.2. The van der Waals surface area contributed by atoms with Crippen molar-refractivity contribution in [2.24, 2.45) is 0 Å². The van der Waals surface area contributed by atoms with Crippen LogP contribution in [-0.2, 0) is 4.79 Å². The van der Waals surface area contributed by atoms with Crippen LogP contribution in [0.15, 0.2) is 23.9 Å². The molecule has 0 aromatic rings. The second-order valence-corrected chi connectivity index (χ2v) is 2.03. The first-order valence-electron chi connectivity index (χ1n) is 3.19. The molecule has 3 nitrogen and oxygen atoms in total. The van der Waals surface area contributed by atoms with E-state index in [9.17, 15) is 4.79 Å². The molecule has 0 bridgehead atoms. The summed E-state index contributed by atoms with van der Waals surface area (Å²) in [4.78, 5) is 9.86. The summed E-state index contributed by atoms with van der Waals surface area (Å²) in [6.45, 7) is 1.48. The smallest absolute Gasteiger partial charge is 0.207 e. The Morgan fingerprint density at radius 3 is 3.30 bits per heavy atom. The van der Waals surface area contributed by atoms with Crippen LogP contribution in [-0.4, -0.2) is 19.5 Å². The molecule has 0 fully saturated rings. The van der Waals surface area contributed by atoms with E-state index in [0.717, 1.165) is 12.1 Å². The number of hydrogen-bond acceptors (Lipinski definition) is 2. The topological polar surface area (TPSA) is 41.1 Å². The van der Waals surface area contributed by atoms with Crippen LogP contribution in [0.3, 0.4) is 0 Å². The lowest BCUT2D eigenvalue weighted by Crippen LogP contribution is -2.18. The zero-order chi connectivity index (χ0) is 7.23. The highest BCUT2D eigenvalue weighted by atomic mass is 16.1. The number of amides is 1. The lowest BCUT2D eigenvalue weighted by Gasteiger charge is -2.06. The Morgan fingerprint density at radius 1 is 1.80 bits per heavy atom. The van der Waals surface area contributed by atoms with Crippen molar-refractivity contribution >= 4 is 6.41 Å². The maximum atomic E-state index is 9.86. The molecule has 1 amide bonds. The average Bonchev–Trinajstić information content (AvgIpc) is 2.03. The number of nitrogens with one attached hydrogen (secondary N) is 2. The van der Waals surface area contributed by atoms with Crippen molar-refractivity contribution < 1.29 is 4.79 Å². The number of hydrogen-bond donors (Lipinski definition) is 2. The SMILES string of the molecule is O=CNCC1=CNCC=C1. The van der Waals surface area contributed by atoms with E-state index in [4.69, 9.17) is 0 Å². The van der Waals surface area contributed by atoms with Crippen LogP contribution in [0.5, 0.6) is 0 Å². The van der Waals surface area contributed by atoms with E-state index in [2.05, 4.69) is 10.6 Å². The van der Waals surface area contributed by atoms with Crippen molar-refractivity contribution in [1.82, 2.24) is 10.6 Å². The van der Waals surface area contributed by atoms with Crippen LogP contribution in [0.1, 0.15) is 0 Å². The number of dihydropyridines is 1. The molecule has 0 spiro atoms. The quantitative estimate of drug-likeness (QED) is 0.529. The molecule has 0 unspecified atom stereocenters. The Labute approximate surface area is 59.8 Å². The predicted octanol–water partition coefficient (Wildman–Crippen LogP) is -0.224. The predicted molar refractivity (Wildman–Crippen MR) is 39.3 cm³/mol. The van der Waals surface area contributed by atoms with Gasteiger partial charge in [0.05, 0.1) is 0 Å². The summed E-state index contributed by atoms with van der Waals surface area (Å²) in [7, 11) is 0. The molecule has 1 heterocycles. The third-order valence-electron chi connectivity index (χ3n) is 1.24. The van der Waals surface area contributed by atoms with Gasteiger partial charge in [0.15, 0.2) is 0 Å². The summed E-state index contributed by atoms with van der Waals surface area (Å²) >= 11 is 0. The fraction of sp³-hybridized carbons (Fsp3) is 0.286. The van der Waals surface area contributed by atoms with E-state index < -0.39 is 0 Å².